The van der Waals surface area contributed by atoms with Crippen molar-refractivity contribution < 1.29 is 4.79 Å². The zero-order chi connectivity index (χ0) is 27.6. The molecule has 3 aromatic carbocycles. The second-order valence-corrected chi connectivity index (χ2v) is 11.6. The number of rotatable bonds is 8. The Bertz CT molecular complexity index is 1510. The number of aromatic amines is 1. The van der Waals surface area contributed by atoms with E-state index in [-0.39, 0.29) is 11.3 Å². The van der Waals surface area contributed by atoms with E-state index in [1.807, 2.05) is 48.5 Å². The number of carbonyl (C=O) groups is 1. The van der Waals surface area contributed by atoms with E-state index in [9.17, 15) is 4.79 Å². The number of aromatic nitrogens is 3. The van der Waals surface area contributed by atoms with Gasteiger partial charge in [0.05, 0.1) is 5.71 Å². The number of hydrogen-bond donors (Lipinski definition) is 4. The van der Waals surface area contributed by atoms with E-state index in [1.54, 1.807) is 6.07 Å². The van der Waals surface area contributed by atoms with Gasteiger partial charge >= 0.3 is 0 Å². The van der Waals surface area contributed by atoms with Gasteiger partial charge in [0.2, 0.25) is 0 Å². The number of hydrogen-bond acceptors (Lipinski definition) is 6. The largest absolute Gasteiger partial charge is 0.398 e. The molecule has 0 atom stereocenters. The van der Waals surface area contributed by atoms with Gasteiger partial charge in [-0.15, -0.1) is 0 Å². The second kappa shape index (κ2) is 11.0. The summed E-state index contributed by atoms with van der Waals surface area (Å²) in [6.45, 7) is 10.3. The van der Waals surface area contributed by atoms with E-state index in [2.05, 4.69) is 46.2 Å². The Morgan fingerprint density at radius 1 is 1.03 bits per heavy atom. The second-order valence-electron chi connectivity index (χ2n) is 11.6. The Kier molecular flexibility index (Phi) is 7.48. The molecule has 5 rings (SSSR count). The molecule has 1 aliphatic rings. The molecule has 0 unspecified atom stereocenters. The van der Waals surface area contributed by atoms with Crippen LogP contribution in [-0.4, -0.2) is 57.9 Å². The van der Waals surface area contributed by atoms with E-state index in [0.717, 1.165) is 53.8 Å². The van der Waals surface area contributed by atoms with Crippen LogP contribution in [0.15, 0.2) is 54.6 Å². The summed E-state index contributed by atoms with van der Waals surface area (Å²) in [5.41, 5.74) is 10.1. The van der Waals surface area contributed by atoms with Crippen LogP contribution in [0, 0.1) is 10.8 Å². The summed E-state index contributed by atoms with van der Waals surface area (Å²) in [5, 5.41) is 21.3. The van der Waals surface area contributed by atoms with Crippen molar-refractivity contribution in [2.75, 3.05) is 31.9 Å². The van der Waals surface area contributed by atoms with Gasteiger partial charge in [-0.1, -0.05) is 39.0 Å². The predicted molar refractivity (Wildman–Crippen MR) is 157 cm³/mol. The Labute approximate surface area is 229 Å². The Morgan fingerprint density at radius 2 is 1.72 bits per heavy atom. The van der Waals surface area contributed by atoms with Crippen molar-refractivity contribution in [2.45, 2.75) is 40.0 Å². The fraction of sp³-hybridized carbons (Fsp3) is 0.355. The van der Waals surface area contributed by atoms with Crippen molar-refractivity contribution in [3.63, 3.8) is 0 Å². The van der Waals surface area contributed by atoms with Gasteiger partial charge in [0, 0.05) is 47.5 Å². The highest BCUT2D eigenvalue weighted by Gasteiger charge is 2.17. The lowest BCUT2D eigenvalue weighted by Crippen LogP contribution is -2.33. The average molecular weight is 524 g/mol. The van der Waals surface area contributed by atoms with Gasteiger partial charge in [-0.25, -0.2) is 4.98 Å². The number of fused-ring (bicyclic) bond motifs is 1. The molecule has 1 fully saturated rings. The smallest absolute Gasteiger partial charge is 0.251 e. The molecule has 1 aliphatic heterocycles. The first kappa shape index (κ1) is 26.6. The van der Waals surface area contributed by atoms with Crippen LogP contribution in [0.5, 0.6) is 0 Å². The third-order valence-electron chi connectivity index (χ3n) is 7.11. The predicted octanol–water partition coefficient (Wildman–Crippen LogP) is 5.04. The van der Waals surface area contributed by atoms with Crippen molar-refractivity contribution in [3.05, 3.63) is 77.1 Å². The molecule has 2 heterocycles. The normalized spacial score (nSPS) is 14.1. The van der Waals surface area contributed by atoms with Gasteiger partial charge in [-0.2, -0.15) is 5.10 Å². The van der Waals surface area contributed by atoms with Gasteiger partial charge in [-0.05, 0) is 78.5 Å². The maximum Gasteiger partial charge on any atom is 0.251 e. The molecule has 1 amide bonds. The van der Waals surface area contributed by atoms with E-state index in [0.29, 0.717) is 34.9 Å². The molecule has 0 radical (unpaired) electrons. The van der Waals surface area contributed by atoms with Crippen LogP contribution in [0.1, 0.15) is 60.9 Å². The molecule has 5 N–H and O–H groups in total. The maximum absolute atomic E-state index is 12.7. The highest BCUT2D eigenvalue weighted by atomic mass is 16.1. The number of benzene rings is 3. The molecule has 39 heavy (non-hydrogen) atoms. The molecular weight excluding hydrogens is 486 g/mol. The molecule has 4 aromatic rings. The quantitative estimate of drug-likeness (QED) is 0.190. The summed E-state index contributed by atoms with van der Waals surface area (Å²) < 4.78 is 0. The Balaban J connectivity index is 1.31. The molecular formula is C31H37N7O. The summed E-state index contributed by atoms with van der Waals surface area (Å²) >= 11 is 0. The van der Waals surface area contributed by atoms with Crippen molar-refractivity contribution >= 4 is 28.1 Å². The zero-order valence-electron chi connectivity index (χ0n) is 23.0. The van der Waals surface area contributed by atoms with Crippen LogP contribution in [0.25, 0.3) is 22.2 Å². The fourth-order valence-corrected chi connectivity index (χ4v) is 5.05. The van der Waals surface area contributed by atoms with Gasteiger partial charge in [0.15, 0.2) is 5.82 Å². The van der Waals surface area contributed by atoms with Gasteiger partial charge in [-0.3, -0.25) is 15.3 Å². The number of H-pyrrole nitrogens is 1. The summed E-state index contributed by atoms with van der Waals surface area (Å²) in [6, 6.07) is 17.1. The first-order chi connectivity index (χ1) is 18.7. The molecule has 0 aliphatic carbocycles. The first-order valence-electron chi connectivity index (χ1n) is 13.6. The number of nitrogens with one attached hydrogen (secondary N) is 3. The van der Waals surface area contributed by atoms with Crippen LogP contribution in [0.2, 0.25) is 0 Å². The lowest BCUT2D eigenvalue weighted by atomic mass is 9.92. The Morgan fingerprint density at radius 3 is 2.44 bits per heavy atom. The maximum atomic E-state index is 12.7. The van der Waals surface area contributed by atoms with Crippen molar-refractivity contribution in [1.82, 2.24) is 25.4 Å². The average Bonchev–Trinajstić information content (AvgIpc) is 3.59. The molecule has 8 nitrogen and oxygen atoms in total. The number of carbonyl (C=O) groups excluding carboxylic acids is 1. The number of nitrogens with zero attached hydrogens (tertiary/aromatic N) is 3. The van der Waals surface area contributed by atoms with Gasteiger partial charge < -0.3 is 16.0 Å². The summed E-state index contributed by atoms with van der Waals surface area (Å²) in [4.78, 5) is 19.7. The minimum absolute atomic E-state index is 0.0601. The summed E-state index contributed by atoms with van der Waals surface area (Å²) in [5.74, 6) is 1.36. The highest BCUT2D eigenvalue weighted by molar-refractivity contribution is 6.15. The standard InChI is InChI=1S/C31H37N7O/c1-31(2,3)19-27-35-29(37-36-27)23-10-11-26(32)25(18-23)28(33)22-8-6-21-17-24(9-7-20(21)16-22)30(39)34-12-15-38-13-4-5-14-38/h6-11,16-18,33H,4-5,12-15,19,32H2,1-3H3,(H,34,39)(H,35,36,37). The third-order valence-corrected chi connectivity index (χ3v) is 7.11. The zero-order valence-corrected chi connectivity index (χ0v) is 23.0. The van der Waals surface area contributed by atoms with Crippen molar-refractivity contribution in [1.29, 1.82) is 5.41 Å². The van der Waals surface area contributed by atoms with Crippen molar-refractivity contribution in [3.8, 4) is 11.4 Å². The molecule has 0 bridgehead atoms. The highest BCUT2D eigenvalue weighted by Crippen LogP contribution is 2.26. The van der Waals surface area contributed by atoms with E-state index in [1.165, 1.54) is 12.8 Å². The van der Waals surface area contributed by atoms with Crippen LogP contribution >= 0.6 is 0 Å². The van der Waals surface area contributed by atoms with Crippen LogP contribution in [-0.2, 0) is 6.42 Å². The monoisotopic (exact) mass is 523 g/mol. The molecule has 1 aromatic heterocycles. The number of nitrogen functional groups attached to an aromatic ring is 1. The summed E-state index contributed by atoms with van der Waals surface area (Å²) in [6.07, 6.45) is 3.28. The number of likely N-dealkylation sites (tertiary alicyclic amines) is 1. The number of anilines is 1. The number of amides is 1. The number of nitrogens with two attached hydrogens (primary N) is 1. The molecule has 0 saturated carbocycles. The van der Waals surface area contributed by atoms with Gasteiger partial charge in [0.1, 0.15) is 5.82 Å². The lowest BCUT2D eigenvalue weighted by Gasteiger charge is -2.15. The summed E-state index contributed by atoms with van der Waals surface area (Å²) in [7, 11) is 0. The van der Waals surface area contributed by atoms with Crippen molar-refractivity contribution in [2.24, 2.45) is 5.41 Å². The van der Waals surface area contributed by atoms with E-state index in [4.69, 9.17) is 11.1 Å². The van der Waals surface area contributed by atoms with Crippen LogP contribution < -0.4 is 11.1 Å². The lowest BCUT2D eigenvalue weighted by molar-refractivity contribution is 0.0950. The van der Waals surface area contributed by atoms with Gasteiger partial charge in [0.25, 0.3) is 5.91 Å². The molecule has 1 saturated heterocycles. The topological polar surface area (TPSA) is 124 Å². The minimum atomic E-state index is -0.0601. The molecule has 0 spiro atoms. The minimum Gasteiger partial charge on any atom is -0.398 e. The molecule has 8 heteroatoms. The first-order valence-corrected chi connectivity index (χ1v) is 13.6. The van der Waals surface area contributed by atoms with Crippen LogP contribution in [0.4, 0.5) is 5.69 Å². The molecule has 202 valence electrons. The van der Waals surface area contributed by atoms with E-state index >= 15 is 0 Å². The third kappa shape index (κ3) is 6.34. The fourth-order valence-electron chi connectivity index (χ4n) is 5.05. The van der Waals surface area contributed by atoms with Crippen LogP contribution in [0.3, 0.4) is 0 Å². The SMILES string of the molecule is CC(C)(C)Cc1nc(-c2ccc(N)c(C(=N)c3ccc4cc(C(=O)NCCN5CCCC5)ccc4c3)c2)n[nH]1. The Hall–Kier alpha value is -4.04. The van der Waals surface area contributed by atoms with E-state index < -0.39 is 0 Å².